The van der Waals surface area contributed by atoms with Crippen LogP contribution in [0.4, 0.5) is 5.69 Å². The Labute approximate surface area is 144 Å². The van der Waals surface area contributed by atoms with E-state index < -0.39 is 36.0 Å². The average Bonchev–Trinajstić information content (AvgIpc) is 2.87. The van der Waals surface area contributed by atoms with E-state index in [2.05, 4.69) is 0 Å². The minimum Gasteiger partial charge on any atom is -0.550 e. The number of hydrogen-bond donors (Lipinski definition) is 0. The molecule has 25 heavy (non-hydrogen) atoms. The van der Waals surface area contributed by atoms with Crippen molar-refractivity contribution in [1.29, 1.82) is 0 Å². The van der Waals surface area contributed by atoms with Gasteiger partial charge in [-0.2, -0.15) is 0 Å². The molecule has 3 rings (SSSR count). The van der Waals surface area contributed by atoms with Crippen LogP contribution in [0, 0.1) is 5.92 Å². The number of rotatable bonds is 5. The second-order valence-electron chi connectivity index (χ2n) is 5.78. The lowest BCUT2D eigenvalue weighted by Gasteiger charge is -2.28. The number of benzene rings is 2. The molecule has 6 nitrogen and oxygen atoms in total. The summed E-state index contributed by atoms with van der Waals surface area (Å²) in [6.45, 7) is 0. The predicted molar refractivity (Wildman–Crippen MR) is 87.8 cm³/mol. The van der Waals surface area contributed by atoms with Gasteiger partial charge in [-0.1, -0.05) is 30.3 Å². The van der Waals surface area contributed by atoms with Crippen molar-refractivity contribution in [3.8, 4) is 5.75 Å². The zero-order chi connectivity index (χ0) is 18.0. The topological polar surface area (TPSA) is 86.7 Å². The molecule has 1 aliphatic heterocycles. The Balaban J connectivity index is 2.09. The minimum atomic E-state index is -1.36. The fraction of sp³-hybridized carbons (Fsp3) is 0.211. The van der Waals surface area contributed by atoms with Crippen molar-refractivity contribution in [2.45, 2.75) is 12.5 Å². The second-order valence-corrected chi connectivity index (χ2v) is 5.78. The molecular formula is C19H16NO5-. The Kier molecular flexibility index (Phi) is 4.52. The quantitative estimate of drug-likeness (QED) is 0.762. The highest BCUT2D eigenvalue weighted by Gasteiger charge is 2.48. The molecule has 0 unspecified atom stereocenters. The van der Waals surface area contributed by atoms with Gasteiger partial charge in [0.05, 0.1) is 19.1 Å². The number of carboxylic acids is 1. The summed E-state index contributed by atoms with van der Waals surface area (Å²) in [5.74, 6) is -3.15. The number of ketones is 1. The van der Waals surface area contributed by atoms with Crippen LogP contribution in [0.15, 0.2) is 54.6 Å². The molecule has 2 atom stereocenters. The maximum Gasteiger partial charge on any atom is 0.295 e. The van der Waals surface area contributed by atoms with Crippen LogP contribution >= 0.6 is 0 Å². The number of methoxy groups -OCH3 is 1. The number of carbonyl (C=O) groups excluding carboxylic acids is 3. The lowest BCUT2D eigenvalue weighted by Crippen LogP contribution is -2.31. The first-order valence-electron chi connectivity index (χ1n) is 7.79. The Morgan fingerprint density at radius 1 is 1.08 bits per heavy atom. The lowest BCUT2D eigenvalue weighted by atomic mass is 9.90. The highest BCUT2D eigenvalue weighted by molar-refractivity contribution is 6.45. The first-order valence-corrected chi connectivity index (χ1v) is 7.79. The highest BCUT2D eigenvalue weighted by atomic mass is 16.5. The number of ether oxygens (including phenoxy) is 1. The van der Waals surface area contributed by atoms with Gasteiger partial charge in [0.2, 0.25) is 5.78 Å². The Hall–Kier alpha value is -3.15. The van der Waals surface area contributed by atoms with Crippen molar-refractivity contribution in [2.75, 3.05) is 12.0 Å². The zero-order valence-electron chi connectivity index (χ0n) is 13.5. The van der Waals surface area contributed by atoms with Gasteiger partial charge in [-0.3, -0.25) is 14.5 Å². The largest absolute Gasteiger partial charge is 0.550 e. The van der Waals surface area contributed by atoms with E-state index >= 15 is 0 Å². The molecule has 0 N–H and O–H groups in total. The van der Waals surface area contributed by atoms with Crippen molar-refractivity contribution in [3.63, 3.8) is 0 Å². The molecule has 0 aromatic heterocycles. The number of nitrogens with zero attached hydrogens (tertiary/aromatic N) is 1. The summed E-state index contributed by atoms with van der Waals surface area (Å²) in [7, 11) is 1.53. The first-order chi connectivity index (χ1) is 12.0. The number of carboxylic acid groups (broad SMARTS) is 1. The summed E-state index contributed by atoms with van der Waals surface area (Å²) in [4.78, 5) is 37.4. The van der Waals surface area contributed by atoms with Crippen molar-refractivity contribution >= 4 is 23.3 Å². The van der Waals surface area contributed by atoms with Crippen LogP contribution in [-0.4, -0.2) is 24.8 Å². The molecule has 1 fully saturated rings. The van der Waals surface area contributed by atoms with Gasteiger partial charge in [-0.25, -0.2) is 0 Å². The van der Waals surface area contributed by atoms with Crippen LogP contribution in [0.1, 0.15) is 18.0 Å². The predicted octanol–water partition coefficient (Wildman–Crippen LogP) is 1.11. The molecule has 0 aliphatic carbocycles. The minimum absolute atomic E-state index is 0.509. The number of hydrogen-bond acceptors (Lipinski definition) is 5. The van der Waals surface area contributed by atoms with E-state index in [-0.39, 0.29) is 0 Å². The summed E-state index contributed by atoms with van der Waals surface area (Å²) in [5.41, 5.74) is 1.21. The molecule has 1 heterocycles. The molecule has 2 aromatic rings. The number of Topliss-reactive ketones (excluding diaryl/α,β-unsaturated/α-hetero) is 1. The first kappa shape index (κ1) is 16.7. The van der Waals surface area contributed by atoms with E-state index in [1.807, 2.05) is 0 Å². The van der Waals surface area contributed by atoms with Gasteiger partial charge in [0.25, 0.3) is 5.91 Å². The molecule has 1 amide bonds. The maximum absolute atomic E-state index is 12.5. The van der Waals surface area contributed by atoms with Crippen molar-refractivity contribution in [3.05, 3.63) is 60.2 Å². The van der Waals surface area contributed by atoms with Gasteiger partial charge < -0.3 is 14.6 Å². The Morgan fingerprint density at radius 2 is 1.72 bits per heavy atom. The van der Waals surface area contributed by atoms with Crippen LogP contribution < -0.4 is 14.7 Å². The maximum atomic E-state index is 12.5. The van der Waals surface area contributed by atoms with Crippen molar-refractivity contribution in [2.24, 2.45) is 5.92 Å². The van der Waals surface area contributed by atoms with Crippen LogP contribution in [0.5, 0.6) is 5.75 Å². The third-order valence-electron chi connectivity index (χ3n) is 4.30. The van der Waals surface area contributed by atoms with Gasteiger partial charge in [0, 0.05) is 11.7 Å². The number of anilines is 1. The van der Waals surface area contributed by atoms with E-state index in [9.17, 15) is 19.5 Å². The molecular weight excluding hydrogens is 322 g/mol. The molecule has 2 aromatic carbocycles. The summed E-state index contributed by atoms with van der Waals surface area (Å²) >= 11 is 0. The fourth-order valence-corrected chi connectivity index (χ4v) is 3.16. The number of aliphatic carboxylic acids is 1. The van der Waals surface area contributed by atoms with Gasteiger partial charge in [-0.15, -0.1) is 0 Å². The molecule has 0 spiro atoms. The summed E-state index contributed by atoms with van der Waals surface area (Å²) in [6, 6.07) is 14.9. The van der Waals surface area contributed by atoms with E-state index in [0.29, 0.717) is 17.0 Å². The van der Waals surface area contributed by atoms with Gasteiger partial charge >= 0.3 is 0 Å². The number of para-hydroxylation sites is 1. The highest BCUT2D eigenvalue weighted by Crippen LogP contribution is 2.41. The third kappa shape index (κ3) is 3.10. The van der Waals surface area contributed by atoms with Crippen molar-refractivity contribution in [1.82, 2.24) is 0 Å². The average molecular weight is 338 g/mol. The summed E-state index contributed by atoms with van der Waals surface area (Å²) in [6.07, 6.45) is -0.509. The van der Waals surface area contributed by atoms with Crippen LogP contribution in [0.25, 0.3) is 0 Å². The Bertz CT molecular complexity index is 800. The summed E-state index contributed by atoms with van der Waals surface area (Å²) in [5, 5.41) is 11.1. The molecule has 0 bridgehead atoms. The lowest BCUT2D eigenvalue weighted by molar-refractivity contribution is -0.306. The Morgan fingerprint density at radius 3 is 2.28 bits per heavy atom. The van der Waals surface area contributed by atoms with Crippen molar-refractivity contribution < 1.29 is 24.2 Å². The molecule has 1 saturated heterocycles. The summed E-state index contributed by atoms with van der Waals surface area (Å²) < 4.78 is 5.13. The number of amides is 1. The van der Waals surface area contributed by atoms with E-state index in [0.717, 1.165) is 0 Å². The smallest absolute Gasteiger partial charge is 0.295 e. The number of carbonyl (C=O) groups is 3. The third-order valence-corrected chi connectivity index (χ3v) is 4.30. The van der Waals surface area contributed by atoms with E-state index in [1.165, 1.54) is 12.0 Å². The normalized spacial score (nSPS) is 20.0. The van der Waals surface area contributed by atoms with Crippen LogP contribution in [-0.2, 0) is 14.4 Å². The van der Waals surface area contributed by atoms with Crippen LogP contribution in [0.2, 0.25) is 0 Å². The van der Waals surface area contributed by atoms with E-state index in [1.54, 1.807) is 54.6 Å². The van der Waals surface area contributed by atoms with Crippen LogP contribution in [0.3, 0.4) is 0 Å². The van der Waals surface area contributed by atoms with Gasteiger partial charge in [0.15, 0.2) is 0 Å². The zero-order valence-corrected chi connectivity index (χ0v) is 13.5. The monoisotopic (exact) mass is 338 g/mol. The van der Waals surface area contributed by atoms with Gasteiger partial charge in [0.1, 0.15) is 5.75 Å². The molecule has 6 heteroatoms. The van der Waals surface area contributed by atoms with Gasteiger partial charge in [-0.05, 0) is 36.2 Å². The molecule has 0 radical (unpaired) electrons. The molecule has 128 valence electrons. The standard InChI is InChI=1S/C19H17NO5/c1-25-14-9-7-12(8-10-14)17-15(11-16(21)22)18(23)19(24)20(17)13-5-3-2-4-6-13/h2-10,15,17H,11H2,1H3,(H,21,22)/p-1/t15-,17+/m1/s1. The second kappa shape index (κ2) is 6.76. The molecule has 0 saturated carbocycles. The SMILES string of the molecule is COc1ccc([C@H]2[C@@H](CC(=O)[O-])C(=O)C(=O)N2c2ccccc2)cc1. The fourth-order valence-electron chi connectivity index (χ4n) is 3.16. The van der Waals surface area contributed by atoms with E-state index in [4.69, 9.17) is 4.74 Å². The molecule has 1 aliphatic rings.